The third-order valence-corrected chi connectivity index (χ3v) is 4.49. The number of thiazole rings is 1. The van der Waals surface area contributed by atoms with Gasteiger partial charge in [-0.1, -0.05) is 12.1 Å². The Bertz CT molecular complexity index is 1030. The summed E-state index contributed by atoms with van der Waals surface area (Å²) in [7, 11) is 0. The van der Waals surface area contributed by atoms with Gasteiger partial charge in [-0.05, 0) is 36.4 Å². The van der Waals surface area contributed by atoms with Gasteiger partial charge in [0.25, 0.3) is 5.91 Å². The number of imidazole rings is 1. The van der Waals surface area contributed by atoms with Crippen molar-refractivity contribution in [2.45, 2.75) is 0 Å². The van der Waals surface area contributed by atoms with Crippen molar-refractivity contribution in [3.63, 3.8) is 0 Å². The Kier molecular flexibility index (Phi) is 4.37. The number of hydrogen-bond donors (Lipinski definition) is 1. The minimum atomic E-state index is -0.349. The van der Waals surface area contributed by atoms with Crippen LogP contribution in [0.4, 0.5) is 10.1 Å². The zero-order valence-corrected chi connectivity index (χ0v) is 14.4. The van der Waals surface area contributed by atoms with E-state index in [9.17, 15) is 9.18 Å². The van der Waals surface area contributed by atoms with E-state index in [4.69, 9.17) is 4.74 Å². The molecule has 0 radical (unpaired) electrons. The Hall–Kier alpha value is -3.19. The first-order valence-electron chi connectivity index (χ1n) is 7.88. The van der Waals surface area contributed by atoms with Gasteiger partial charge in [-0.15, -0.1) is 11.3 Å². The highest BCUT2D eigenvalue weighted by molar-refractivity contribution is 7.15. The van der Waals surface area contributed by atoms with Gasteiger partial charge in [0.15, 0.2) is 11.6 Å². The predicted molar refractivity (Wildman–Crippen MR) is 99.0 cm³/mol. The number of fused-ring (bicyclic) bond motifs is 1. The molecule has 0 bridgehead atoms. The molecular weight excluding hydrogens is 353 g/mol. The highest BCUT2D eigenvalue weighted by atomic mass is 32.1. The summed E-state index contributed by atoms with van der Waals surface area (Å²) in [6.07, 6.45) is 3.90. The Labute approximate surface area is 152 Å². The lowest BCUT2D eigenvalue weighted by Crippen LogP contribution is -2.20. The molecule has 1 amide bonds. The van der Waals surface area contributed by atoms with Gasteiger partial charge >= 0.3 is 0 Å². The summed E-state index contributed by atoms with van der Waals surface area (Å²) in [6, 6.07) is 13.0. The molecule has 0 spiro atoms. The summed E-state index contributed by atoms with van der Waals surface area (Å²) in [6.45, 7) is -0.157. The predicted octanol–water partition coefficient (Wildman–Crippen LogP) is 4.22. The topological polar surface area (TPSA) is 55.6 Å². The number of nitrogens with zero attached hydrogens (tertiary/aromatic N) is 2. The maximum Gasteiger partial charge on any atom is 0.262 e. The molecular formula is C19H14FN3O2S. The van der Waals surface area contributed by atoms with Crippen LogP contribution in [0, 0.1) is 5.82 Å². The van der Waals surface area contributed by atoms with Crippen molar-refractivity contribution in [1.29, 1.82) is 0 Å². The second-order valence-electron chi connectivity index (χ2n) is 5.59. The number of benzene rings is 2. The number of ether oxygens (including phenoxy) is 1. The number of anilines is 1. The second kappa shape index (κ2) is 6.97. The Morgan fingerprint density at radius 2 is 2.08 bits per heavy atom. The lowest BCUT2D eigenvalue weighted by molar-refractivity contribution is -0.118. The molecule has 7 heteroatoms. The number of amides is 1. The highest BCUT2D eigenvalue weighted by Gasteiger charge is 2.08. The summed E-state index contributed by atoms with van der Waals surface area (Å²) < 4.78 is 20.2. The van der Waals surface area contributed by atoms with E-state index in [2.05, 4.69) is 10.3 Å². The van der Waals surface area contributed by atoms with Crippen LogP contribution in [-0.4, -0.2) is 21.9 Å². The van der Waals surface area contributed by atoms with Gasteiger partial charge in [0.05, 0.1) is 5.69 Å². The summed E-state index contributed by atoms with van der Waals surface area (Å²) >= 11 is 1.57. The van der Waals surface area contributed by atoms with Gasteiger partial charge in [0, 0.05) is 29.0 Å². The fourth-order valence-electron chi connectivity index (χ4n) is 2.50. The summed E-state index contributed by atoms with van der Waals surface area (Å²) in [5.74, 6) is -0.205. The maximum absolute atomic E-state index is 12.9. The van der Waals surface area contributed by atoms with Crippen LogP contribution >= 0.6 is 11.3 Å². The molecule has 26 heavy (non-hydrogen) atoms. The summed E-state index contributed by atoms with van der Waals surface area (Å²) in [4.78, 5) is 17.6. The zero-order valence-electron chi connectivity index (χ0n) is 13.6. The molecule has 2 heterocycles. The average molecular weight is 367 g/mol. The molecule has 2 aromatic heterocycles. The minimum Gasteiger partial charge on any atom is -0.484 e. The summed E-state index contributed by atoms with van der Waals surface area (Å²) in [5, 5.41) is 4.77. The van der Waals surface area contributed by atoms with Gasteiger partial charge in [0.2, 0.25) is 0 Å². The molecule has 0 aliphatic heterocycles. The van der Waals surface area contributed by atoms with E-state index < -0.39 is 0 Å². The fourth-order valence-corrected chi connectivity index (χ4v) is 3.20. The number of carbonyl (C=O) groups excluding carboxylic acids is 1. The fraction of sp³-hybridized carbons (Fsp3) is 0.0526. The van der Waals surface area contributed by atoms with Crippen molar-refractivity contribution in [1.82, 2.24) is 9.38 Å². The smallest absolute Gasteiger partial charge is 0.262 e. The first-order chi connectivity index (χ1) is 12.7. The first-order valence-corrected chi connectivity index (χ1v) is 8.76. The molecule has 0 atom stereocenters. The monoisotopic (exact) mass is 367 g/mol. The maximum atomic E-state index is 12.9. The van der Waals surface area contributed by atoms with E-state index in [1.165, 1.54) is 24.3 Å². The largest absolute Gasteiger partial charge is 0.484 e. The van der Waals surface area contributed by atoms with E-state index in [-0.39, 0.29) is 18.3 Å². The zero-order chi connectivity index (χ0) is 17.9. The second-order valence-corrected chi connectivity index (χ2v) is 6.46. The molecule has 5 nitrogen and oxygen atoms in total. The first kappa shape index (κ1) is 16.3. The van der Waals surface area contributed by atoms with Crippen LogP contribution in [0.1, 0.15) is 0 Å². The standard InChI is InChI=1S/C19H14FN3O2S/c20-14-4-6-16(7-5-14)25-12-18(24)21-15-3-1-2-13(10-15)17-11-23-8-9-26-19(23)22-17/h1-11H,12H2,(H,21,24). The molecule has 0 saturated carbocycles. The van der Waals surface area contributed by atoms with Crippen molar-refractivity contribution in [3.05, 3.63) is 72.1 Å². The van der Waals surface area contributed by atoms with Gasteiger partial charge in [-0.25, -0.2) is 9.37 Å². The van der Waals surface area contributed by atoms with Crippen LogP contribution in [0.5, 0.6) is 5.75 Å². The van der Waals surface area contributed by atoms with E-state index >= 15 is 0 Å². The molecule has 0 unspecified atom stereocenters. The third kappa shape index (κ3) is 3.57. The number of halogens is 1. The van der Waals surface area contributed by atoms with E-state index in [1.54, 1.807) is 17.4 Å². The van der Waals surface area contributed by atoms with Gasteiger partial charge in [0.1, 0.15) is 11.6 Å². The molecule has 0 aliphatic carbocycles. The number of carbonyl (C=O) groups is 1. The quantitative estimate of drug-likeness (QED) is 0.575. The number of rotatable bonds is 5. The Morgan fingerprint density at radius 3 is 2.88 bits per heavy atom. The highest BCUT2D eigenvalue weighted by Crippen LogP contribution is 2.24. The van der Waals surface area contributed by atoms with Crippen LogP contribution in [-0.2, 0) is 4.79 Å². The molecule has 0 fully saturated rings. The Morgan fingerprint density at radius 1 is 1.23 bits per heavy atom. The van der Waals surface area contributed by atoms with Crippen molar-refractivity contribution in [3.8, 4) is 17.0 Å². The van der Waals surface area contributed by atoms with E-state index in [1.807, 2.05) is 40.4 Å². The van der Waals surface area contributed by atoms with Gasteiger partial charge in [-0.2, -0.15) is 0 Å². The van der Waals surface area contributed by atoms with Crippen LogP contribution in [0.3, 0.4) is 0 Å². The van der Waals surface area contributed by atoms with Crippen molar-refractivity contribution in [2.75, 3.05) is 11.9 Å². The lowest BCUT2D eigenvalue weighted by Gasteiger charge is -2.08. The van der Waals surface area contributed by atoms with Crippen LogP contribution in [0.2, 0.25) is 0 Å². The molecule has 4 aromatic rings. The van der Waals surface area contributed by atoms with Crippen LogP contribution < -0.4 is 10.1 Å². The van der Waals surface area contributed by atoms with Gasteiger partial charge < -0.3 is 10.1 Å². The SMILES string of the molecule is O=C(COc1ccc(F)cc1)Nc1cccc(-c2cn3ccsc3n2)c1. The van der Waals surface area contributed by atoms with Crippen molar-refractivity contribution < 1.29 is 13.9 Å². The molecule has 1 N–H and O–H groups in total. The molecule has 0 aliphatic rings. The van der Waals surface area contributed by atoms with Crippen molar-refractivity contribution >= 4 is 27.9 Å². The van der Waals surface area contributed by atoms with Crippen molar-refractivity contribution in [2.24, 2.45) is 0 Å². The van der Waals surface area contributed by atoms with Crippen LogP contribution in [0.25, 0.3) is 16.2 Å². The number of aromatic nitrogens is 2. The minimum absolute atomic E-state index is 0.157. The van der Waals surface area contributed by atoms with Gasteiger partial charge in [-0.3, -0.25) is 9.20 Å². The molecule has 4 rings (SSSR count). The molecule has 0 saturated heterocycles. The summed E-state index contributed by atoms with van der Waals surface area (Å²) in [5.41, 5.74) is 2.42. The number of nitrogens with one attached hydrogen (secondary N) is 1. The average Bonchev–Trinajstić information content (AvgIpc) is 3.23. The van der Waals surface area contributed by atoms with Crippen LogP contribution in [0.15, 0.2) is 66.3 Å². The lowest BCUT2D eigenvalue weighted by atomic mass is 10.1. The van der Waals surface area contributed by atoms with E-state index in [0.29, 0.717) is 11.4 Å². The molecule has 130 valence electrons. The normalized spacial score (nSPS) is 10.8. The van der Waals surface area contributed by atoms with E-state index in [0.717, 1.165) is 16.2 Å². The third-order valence-electron chi connectivity index (χ3n) is 3.72. The number of hydrogen-bond acceptors (Lipinski definition) is 4. The Balaban J connectivity index is 1.42. The molecule has 2 aromatic carbocycles.